The van der Waals surface area contributed by atoms with Crippen LogP contribution >= 0.6 is 0 Å². The third-order valence-corrected chi connectivity index (χ3v) is 3.49. The number of nitrogens with one attached hydrogen (secondary N) is 2. The molecule has 0 aliphatic carbocycles. The average Bonchev–Trinajstić information content (AvgIpc) is 2.85. The van der Waals surface area contributed by atoms with Crippen LogP contribution in [0, 0.1) is 0 Å². The van der Waals surface area contributed by atoms with E-state index in [1.807, 2.05) is 6.92 Å². The van der Waals surface area contributed by atoms with E-state index in [2.05, 4.69) is 36.5 Å². The first-order chi connectivity index (χ1) is 11.3. The number of oxime groups is 1. The highest BCUT2D eigenvalue weighted by Crippen LogP contribution is 2.08. The molecule has 0 radical (unpaired) electrons. The summed E-state index contributed by atoms with van der Waals surface area (Å²) < 4.78 is 1.92. The summed E-state index contributed by atoms with van der Waals surface area (Å²) in [5.74, 6) is 0. The van der Waals surface area contributed by atoms with E-state index >= 15 is 0 Å². The highest BCUT2D eigenvalue weighted by atomic mass is 16.6. The van der Waals surface area contributed by atoms with Gasteiger partial charge in [0.05, 0.1) is 39.1 Å². The van der Waals surface area contributed by atoms with Crippen molar-refractivity contribution in [2.45, 2.75) is 13.3 Å². The van der Waals surface area contributed by atoms with E-state index in [0.29, 0.717) is 12.3 Å². The highest BCUT2D eigenvalue weighted by Gasteiger charge is 2.07. The fourth-order valence-electron chi connectivity index (χ4n) is 2.20. The quantitative estimate of drug-likeness (QED) is 0.338. The lowest BCUT2D eigenvalue weighted by molar-refractivity contribution is -0.870. The smallest absolute Gasteiger partial charge is 0.348 e. The monoisotopic (exact) mass is 334 g/mol. The van der Waals surface area contributed by atoms with Crippen molar-refractivity contribution in [3.05, 3.63) is 50.8 Å². The molecule has 1 aromatic carbocycles. The lowest BCUT2D eigenvalue weighted by atomic mass is 10.1. The van der Waals surface area contributed by atoms with E-state index in [1.54, 1.807) is 24.3 Å². The van der Waals surface area contributed by atoms with E-state index < -0.39 is 11.4 Å². The molecule has 2 N–H and O–H groups in total. The van der Waals surface area contributed by atoms with Crippen LogP contribution in [0.4, 0.5) is 0 Å². The Labute approximate surface area is 139 Å². The minimum absolute atomic E-state index is 0.489. The van der Waals surface area contributed by atoms with Crippen LogP contribution in [0.25, 0.3) is 5.69 Å². The Morgan fingerprint density at radius 1 is 1.12 bits per heavy atom. The predicted molar refractivity (Wildman–Crippen MR) is 92.7 cm³/mol. The van der Waals surface area contributed by atoms with Crippen LogP contribution in [0.5, 0.6) is 0 Å². The Kier molecular flexibility index (Phi) is 5.40. The lowest BCUT2D eigenvalue weighted by Gasteiger charge is -2.23. The maximum absolute atomic E-state index is 11.6. The summed E-state index contributed by atoms with van der Waals surface area (Å²) in [4.78, 5) is 28.5. The van der Waals surface area contributed by atoms with Crippen molar-refractivity contribution < 1.29 is 9.32 Å². The van der Waals surface area contributed by atoms with Crippen molar-refractivity contribution >= 4 is 5.71 Å². The molecule has 1 heterocycles. The predicted octanol–water partition coefficient (Wildman–Crippen LogP) is 0.691. The summed E-state index contributed by atoms with van der Waals surface area (Å²) in [5.41, 5.74) is 1.09. The number of hydrogen-bond acceptors (Lipinski definition) is 4. The molecule has 8 heteroatoms. The molecule has 0 saturated carbocycles. The van der Waals surface area contributed by atoms with Gasteiger partial charge in [-0.3, -0.25) is 0 Å². The molecule has 0 aliphatic heterocycles. The molecule has 0 fully saturated rings. The zero-order valence-corrected chi connectivity index (χ0v) is 14.5. The summed E-state index contributed by atoms with van der Waals surface area (Å²) in [5, 5.41) is 8.60. The number of benzene rings is 1. The lowest BCUT2D eigenvalue weighted by Crippen LogP contribution is -2.35. The molecule has 2 rings (SSSR count). The minimum atomic E-state index is -0.501. The molecule has 130 valence electrons. The molecule has 0 spiro atoms. The first-order valence-corrected chi connectivity index (χ1v) is 7.75. The normalized spacial score (nSPS) is 12.4. The second kappa shape index (κ2) is 7.31. The Balaban J connectivity index is 1.99. The van der Waals surface area contributed by atoms with E-state index in [9.17, 15) is 9.59 Å². The number of H-pyrrole nitrogens is 2. The van der Waals surface area contributed by atoms with Gasteiger partial charge in [0.1, 0.15) is 6.61 Å². The van der Waals surface area contributed by atoms with Crippen molar-refractivity contribution in [3.63, 3.8) is 0 Å². The molecule has 1 aromatic heterocycles. The maximum Gasteiger partial charge on any atom is 0.348 e. The molecule has 0 unspecified atom stereocenters. The van der Waals surface area contributed by atoms with E-state index in [0.717, 1.165) is 33.3 Å². The first kappa shape index (κ1) is 17.7. The van der Waals surface area contributed by atoms with Crippen molar-refractivity contribution in [3.8, 4) is 5.69 Å². The van der Waals surface area contributed by atoms with Gasteiger partial charge < -0.3 is 9.32 Å². The molecule has 0 saturated heterocycles. The van der Waals surface area contributed by atoms with Crippen molar-refractivity contribution in [2.24, 2.45) is 5.16 Å². The molecule has 8 nitrogen and oxygen atoms in total. The number of hydrogen-bond donors (Lipinski definition) is 2. The molecular formula is C16H24N5O3+. The van der Waals surface area contributed by atoms with Gasteiger partial charge in [0.25, 0.3) is 0 Å². The summed E-state index contributed by atoms with van der Waals surface area (Å²) in [6.45, 7) is 3.44. The fourth-order valence-corrected chi connectivity index (χ4v) is 2.20. The van der Waals surface area contributed by atoms with Crippen LogP contribution in [0.2, 0.25) is 0 Å². The third kappa shape index (κ3) is 4.69. The topological polar surface area (TPSA) is 92.2 Å². The zero-order chi connectivity index (χ0) is 17.7. The second-order valence-electron chi connectivity index (χ2n) is 6.62. The van der Waals surface area contributed by atoms with Gasteiger partial charge in [0.2, 0.25) is 0 Å². The van der Waals surface area contributed by atoms with E-state index in [-0.39, 0.29) is 0 Å². The van der Waals surface area contributed by atoms with Crippen LogP contribution in [-0.2, 0) is 4.84 Å². The molecule has 0 bridgehead atoms. The number of rotatable bonds is 7. The Morgan fingerprint density at radius 3 is 2.25 bits per heavy atom. The van der Waals surface area contributed by atoms with Gasteiger partial charge in [-0.2, -0.15) is 0 Å². The van der Waals surface area contributed by atoms with Gasteiger partial charge in [0.15, 0.2) is 0 Å². The van der Waals surface area contributed by atoms with Crippen LogP contribution in [0.3, 0.4) is 0 Å². The number of aromatic amines is 2. The van der Waals surface area contributed by atoms with Crippen LogP contribution in [-0.4, -0.2) is 59.3 Å². The molecule has 0 amide bonds. The molecule has 24 heavy (non-hydrogen) atoms. The zero-order valence-electron chi connectivity index (χ0n) is 14.5. The highest BCUT2D eigenvalue weighted by molar-refractivity contribution is 5.98. The van der Waals surface area contributed by atoms with E-state index in [4.69, 9.17) is 4.84 Å². The Hall–Kier alpha value is -2.61. The van der Waals surface area contributed by atoms with Crippen LogP contribution in [0.15, 0.2) is 39.0 Å². The summed E-state index contributed by atoms with van der Waals surface area (Å²) >= 11 is 0. The van der Waals surface area contributed by atoms with Gasteiger partial charge >= 0.3 is 11.4 Å². The summed E-state index contributed by atoms with van der Waals surface area (Å²) in [6.07, 6.45) is 0.929. The van der Waals surface area contributed by atoms with Crippen LogP contribution in [0.1, 0.15) is 18.9 Å². The van der Waals surface area contributed by atoms with Gasteiger partial charge in [-0.25, -0.2) is 24.4 Å². The number of quaternary nitrogens is 1. The Morgan fingerprint density at radius 2 is 1.71 bits per heavy atom. The maximum atomic E-state index is 11.6. The van der Waals surface area contributed by atoms with Crippen molar-refractivity contribution in [1.29, 1.82) is 0 Å². The molecule has 0 atom stereocenters. The van der Waals surface area contributed by atoms with Gasteiger partial charge in [-0.1, -0.05) is 17.3 Å². The SMILES string of the molecule is C/C(=N\OCCC[N+](C)(C)C)c1ccc(-n2c(=O)[nH][nH]c2=O)cc1. The largest absolute Gasteiger partial charge is 0.395 e. The molecule has 0 aliphatic rings. The summed E-state index contributed by atoms with van der Waals surface area (Å²) in [7, 11) is 6.41. The van der Waals surface area contributed by atoms with Crippen molar-refractivity contribution in [2.75, 3.05) is 34.3 Å². The fraction of sp³-hybridized carbons (Fsp3) is 0.438. The standard InChI is InChI=1S/C16H23N5O3/c1-12(19-24-11-5-10-21(2,3)4)13-6-8-14(9-7-13)20-15(22)17-18-16(20)23/h6-9H,5,10-11H2,1-4H3,(H-,17,18,22,23)/p+1/b19-12+. The van der Waals surface area contributed by atoms with Crippen LogP contribution < -0.4 is 11.4 Å². The van der Waals surface area contributed by atoms with Gasteiger partial charge in [-0.05, 0) is 24.6 Å². The third-order valence-electron chi connectivity index (χ3n) is 3.49. The summed E-state index contributed by atoms with van der Waals surface area (Å²) in [6, 6.07) is 6.97. The van der Waals surface area contributed by atoms with E-state index in [1.165, 1.54) is 0 Å². The number of aromatic nitrogens is 3. The Bertz CT molecular complexity index is 778. The molecule has 2 aromatic rings. The van der Waals surface area contributed by atoms with Gasteiger partial charge in [0, 0.05) is 6.42 Å². The molecular weight excluding hydrogens is 310 g/mol. The minimum Gasteiger partial charge on any atom is -0.395 e. The second-order valence-corrected chi connectivity index (χ2v) is 6.62. The van der Waals surface area contributed by atoms with Crippen molar-refractivity contribution in [1.82, 2.24) is 14.8 Å². The number of nitrogens with zero attached hydrogens (tertiary/aromatic N) is 3. The average molecular weight is 334 g/mol. The first-order valence-electron chi connectivity index (χ1n) is 7.75. The van der Waals surface area contributed by atoms with Gasteiger partial charge in [-0.15, -0.1) is 0 Å².